The Morgan fingerprint density at radius 2 is 1.97 bits per heavy atom. The number of sulfonamides is 1. The SMILES string of the molecule is NS(=O)(=O)C1=CCC(n2nc(Cc3ccccc3)nc2CNCCC2=CC=CC(O)C=C2)C=C1. The van der Waals surface area contributed by atoms with Crippen molar-refractivity contribution >= 4 is 10.0 Å². The van der Waals surface area contributed by atoms with Crippen LogP contribution >= 0.6 is 0 Å². The number of aliphatic hydroxyl groups excluding tert-OH is 1. The lowest BCUT2D eigenvalue weighted by Crippen LogP contribution is -2.22. The van der Waals surface area contributed by atoms with Crippen LogP contribution in [0.5, 0.6) is 0 Å². The highest BCUT2D eigenvalue weighted by atomic mass is 32.2. The van der Waals surface area contributed by atoms with E-state index in [9.17, 15) is 13.5 Å². The number of allylic oxidation sites excluding steroid dienone is 6. The van der Waals surface area contributed by atoms with E-state index >= 15 is 0 Å². The van der Waals surface area contributed by atoms with Gasteiger partial charge >= 0.3 is 0 Å². The summed E-state index contributed by atoms with van der Waals surface area (Å²) in [5.41, 5.74) is 2.25. The molecule has 4 N–H and O–H groups in total. The van der Waals surface area contributed by atoms with Crippen LogP contribution in [0.3, 0.4) is 0 Å². The zero-order valence-corrected chi connectivity index (χ0v) is 19.6. The minimum atomic E-state index is -3.73. The summed E-state index contributed by atoms with van der Waals surface area (Å²) in [4.78, 5) is 4.90. The number of aliphatic hydroxyl groups is 1. The number of aromatic nitrogens is 3. The first-order valence-electron chi connectivity index (χ1n) is 11.2. The highest BCUT2D eigenvalue weighted by molar-refractivity contribution is 7.93. The van der Waals surface area contributed by atoms with Gasteiger partial charge in [0.1, 0.15) is 5.82 Å². The van der Waals surface area contributed by atoms with E-state index in [1.54, 1.807) is 18.2 Å². The van der Waals surface area contributed by atoms with Crippen LogP contribution in [0.15, 0.2) is 89.4 Å². The van der Waals surface area contributed by atoms with Crippen LogP contribution in [0.25, 0.3) is 0 Å². The Hall–Kier alpha value is -3.11. The lowest BCUT2D eigenvalue weighted by molar-refractivity contribution is 0.272. The molecular formula is C25H29N5O3S. The highest BCUT2D eigenvalue weighted by Crippen LogP contribution is 2.24. The molecule has 2 aromatic rings. The zero-order valence-electron chi connectivity index (χ0n) is 18.8. The third-order valence-electron chi connectivity index (χ3n) is 5.64. The quantitative estimate of drug-likeness (QED) is 0.475. The first-order valence-corrected chi connectivity index (χ1v) is 12.8. The maximum Gasteiger partial charge on any atom is 0.237 e. The Balaban J connectivity index is 1.46. The molecule has 1 heterocycles. The van der Waals surface area contributed by atoms with Gasteiger partial charge in [-0.3, -0.25) is 0 Å². The fraction of sp³-hybridized carbons (Fsp3) is 0.280. The molecule has 178 valence electrons. The topological polar surface area (TPSA) is 123 Å². The van der Waals surface area contributed by atoms with Crippen molar-refractivity contribution in [2.45, 2.75) is 38.0 Å². The molecule has 0 bridgehead atoms. The monoisotopic (exact) mass is 479 g/mol. The van der Waals surface area contributed by atoms with Crippen LogP contribution in [0, 0.1) is 0 Å². The second-order valence-corrected chi connectivity index (χ2v) is 9.83. The number of hydrogen-bond acceptors (Lipinski definition) is 6. The first kappa shape index (κ1) is 24.0. The van der Waals surface area contributed by atoms with Crippen molar-refractivity contribution in [2.75, 3.05) is 6.54 Å². The molecule has 2 unspecified atom stereocenters. The van der Waals surface area contributed by atoms with Crippen molar-refractivity contribution in [1.29, 1.82) is 0 Å². The zero-order chi connectivity index (χ0) is 24.0. The van der Waals surface area contributed by atoms with Gasteiger partial charge in [-0.2, -0.15) is 5.10 Å². The summed E-state index contributed by atoms with van der Waals surface area (Å²) in [6.07, 6.45) is 15.6. The van der Waals surface area contributed by atoms with Crippen LogP contribution in [-0.2, 0) is 23.0 Å². The summed E-state index contributed by atoms with van der Waals surface area (Å²) in [5, 5.41) is 23.1. The summed E-state index contributed by atoms with van der Waals surface area (Å²) < 4.78 is 25.1. The average molecular weight is 480 g/mol. The summed E-state index contributed by atoms with van der Waals surface area (Å²) >= 11 is 0. The minimum Gasteiger partial charge on any atom is -0.385 e. The van der Waals surface area contributed by atoms with E-state index in [4.69, 9.17) is 15.2 Å². The van der Waals surface area contributed by atoms with E-state index in [0.717, 1.165) is 29.9 Å². The summed E-state index contributed by atoms with van der Waals surface area (Å²) in [6, 6.07) is 9.90. The van der Waals surface area contributed by atoms with Gasteiger partial charge in [0.05, 0.1) is 23.6 Å². The third kappa shape index (κ3) is 6.48. The number of rotatable bonds is 9. The molecule has 9 heteroatoms. The molecule has 0 saturated heterocycles. The molecule has 1 aromatic carbocycles. The summed E-state index contributed by atoms with van der Waals surface area (Å²) in [7, 11) is -3.73. The van der Waals surface area contributed by atoms with E-state index in [1.165, 1.54) is 6.08 Å². The van der Waals surface area contributed by atoms with Crippen molar-refractivity contribution in [3.8, 4) is 0 Å². The van der Waals surface area contributed by atoms with Gasteiger partial charge in [-0.1, -0.05) is 72.9 Å². The molecule has 0 spiro atoms. The van der Waals surface area contributed by atoms with Crippen LogP contribution in [0.2, 0.25) is 0 Å². The van der Waals surface area contributed by atoms with Crippen molar-refractivity contribution < 1.29 is 13.5 Å². The standard InChI is InChI=1S/C25H29N5O3S/c26-34(32,33)23-13-10-21(11-14-23)30-25(28-24(29-30)17-20-5-2-1-3-6-20)18-27-16-15-19-7-4-8-22(31)12-9-19/h1-10,12-14,21-22,27,31H,11,15-18H2,(H2,26,32,33). The van der Waals surface area contributed by atoms with E-state index in [1.807, 2.05) is 59.3 Å². The molecule has 4 rings (SSSR count). The lowest BCUT2D eigenvalue weighted by atomic mass is 10.1. The molecule has 8 nitrogen and oxygen atoms in total. The number of nitrogens with zero attached hydrogens (tertiary/aromatic N) is 3. The van der Waals surface area contributed by atoms with Crippen LogP contribution in [-0.4, -0.2) is 40.9 Å². The summed E-state index contributed by atoms with van der Waals surface area (Å²) in [5.74, 6) is 1.50. The Labute approximate surface area is 200 Å². The van der Waals surface area contributed by atoms with Crippen molar-refractivity contribution in [3.63, 3.8) is 0 Å². The van der Waals surface area contributed by atoms with Gasteiger partial charge in [0, 0.05) is 6.42 Å². The van der Waals surface area contributed by atoms with Crippen molar-refractivity contribution in [3.05, 3.63) is 107 Å². The van der Waals surface area contributed by atoms with Gasteiger partial charge in [-0.15, -0.1) is 0 Å². The molecule has 34 heavy (non-hydrogen) atoms. The third-order valence-corrected chi connectivity index (χ3v) is 6.60. The highest BCUT2D eigenvalue weighted by Gasteiger charge is 2.21. The van der Waals surface area contributed by atoms with Gasteiger partial charge in [0.2, 0.25) is 10.0 Å². The smallest absolute Gasteiger partial charge is 0.237 e. The van der Waals surface area contributed by atoms with Crippen LogP contribution < -0.4 is 10.5 Å². The molecule has 0 radical (unpaired) electrons. The summed E-state index contributed by atoms with van der Waals surface area (Å²) in [6.45, 7) is 1.25. The molecule has 0 amide bonds. The molecular weight excluding hydrogens is 450 g/mol. The van der Waals surface area contributed by atoms with Gasteiger partial charge < -0.3 is 10.4 Å². The van der Waals surface area contributed by atoms with E-state index < -0.39 is 16.1 Å². The maximum atomic E-state index is 11.6. The second-order valence-electron chi connectivity index (χ2n) is 8.27. The Morgan fingerprint density at radius 3 is 2.71 bits per heavy atom. The Bertz CT molecular complexity index is 1260. The van der Waals surface area contributed by atoms with E-state index in [0.29, 0.717) is 25.2 Å². The minimum absolute atomic E-state index is 0.122. The van der Waals surface area contributed by atoms with Crippen LogP contribution in [0.1, 0.15) is 36.1 Å². The van der Waals surface area contributed by atoms with E-state index in [2.05, 4.69) is 5.32 Å². The van der Waals surface area contributed by atoms with E-state index in [-0.39, 0.29) is 10.9 Å². The van der Waals surface area contributed by atoms with Crippen molar-refractivity contribution in [1.82, 2.24) is 20.1 Å². The largest absolute Gasteiger partial charge is 0.385 e. The second kappa shape index (κ2) is 10.9. The number of nitrogens with one attached hydrogen (secondary N) is 1. The van der Waals surface area contributed by atoms with Gasteiger partial charge in [-0.05, 0) is 36.6 Å². The molecule has 1 aromatic heterocycles. The normalized spacial score (nSPS) is 20.2. The average Bonchev–Trinajstić information content (AvgIpc) is 3.10. The molecule has 2 atom stereocenters. The Kier molecular flexibility index (Phi) is 7.69. The number of hydrogen-bond donors (Lipinski definition) is 3. The van der Waals surface area contributed by atoms with Crippen LogP contribution in [0.4, 0.5) is 0 Å². The van der Waals surface area contributed by atoms with Gasteiger partial charge in [-0.25, -0.2) is 23.2 Å². The number of primary sulfonamides is 1. The predicted octanol–water partition coefficient (Wildman–Crippen LogP) is 2.44. The fourth-order valence-electron chi connectivity index (χ4n) is 3.86. The fourth-order valence-corrected chi connectivity index (χ4v) is 4.46. The molecule has 0 aliphatic heterocycles. The number of nitrogens with two attached hydrogens (primary N) is 1. The molecule has 0 saturated carbocycles. The number of benzene rings is 1. The maximum absolute atomic E-state index is 11.6. The molecule has 2 aliphatic rings. The van der Waals surface area contributed by atoms with Gasteiger partial charge in [0.15, 0.2) is 5.82 Å². The molecule has 2 aliphatic carbocycles. The van der Waals surface area contributed by atoms with Crippen molar-refractivity contribution in [2.24, 2.45) is 5.14 Å². The predicted molar refractivity (Wildman–Crippen MR) is 132 cm³/mol. The lowest BCUT2D eigenvalue weighted by Gasteiger charge is -2.18. The first-order chi connectivity index (χ1) is 16.4. The molecule has 0 fully saturated rings. The Morgan fingerprint density at radius 1 is 1.15 bits per heavy atom. The van der Waals surface area contributed by atoms with Gasteiger partial charge in [0.25, 0.3) is 0 Å².